The van der Waals surface area contributed by atoms with E-state index in [1.165, 1.54) is 12.0 Å². The lowest BCUT2D eigenvalue weighted by atomic mass is 10.1. The Morgan fingerprint density at radius 2 is 1.80 bits per heavy atom. The smallest absolute Gasteiger partial charge is 0.244 e. The minimum Gasteiger partial charge on any atom is -0.497 e. The Hall–Kier alpha value is -3.07. The molecule has 0 aliphatic carbocycles. The van der Waals surface area contributed by atoms with Crippen LogP contribution in [0.4, 0.5) is 5.69 Å². The lowest BCUT2D eigenvalue weighted by molar-refractivity contribution is -0.140. The number of nitrogens with one attached hydrogen (secondary N) is 1. The fourth-order valence-corrected chi connectivity index (χ4v) is 4.65. The van der Waals surface area contributed by atoms with E-state index in [-0.39, 0.29) is 12.5 Å². The van der Waals surface area contributed by atoms with Crippen molar-refractivity contribution in [3.05, 3.63) is 59.7 Å². The van der Waals surface area contributed by atoms with E-state index in [0.29, 0.717) is 24.4 Å². The average molecular weight is 504 g/mol. The summed E-state index contributed by atoms with van der Waals surface area (Å²) < 4.78 is 31.6. The Morgan fingerprint density at radius 3 is 2.40 bits per heavy atom. The van der Waals surface area contributed by atoms with E-state index in [1.54, 1.807) is 24.3 Å². The van der Waals surface area contributed by atoms with Gasteiger partial charge in [-0.1, -0.05) is 56.2 Å². The fourth-order valence-electron chi connectivity index (χ4n) is 3.81. The first kappa shape index (κ1) is 28.2. The third-order valence-corrected chi connectivity index (χ3v) is 6.81. The molecule has 0 bridgehead atoms. The summed E-state index contributed by atoms with van der Waals surface area (Å²) in [6.45, 7) is 6.12. The zero-order valence-corrected chi connectivity index (χ0v) is 22.1. The Morgan fingerprint density at radius 1 is 1.09 bits per heavy atom. The molecule has 0 heterocycles. The van der Waals surface area contributed by atoms with Crippen LogP contribution in [0.1, 0.15) is 44.2 Å². The summed E-state index contributed by atoms with van der Waals surface area (Å²) in [5.41, 5.74) is 2.21. The number of ether oxygens (including phenoxy) is 1. The molecular weight excluding hydrogens is 466 g/mol. The normalized spacial score (nSPS) is 12.0. The van der Waals surface area contributed by atoms with Gasteiger partial charge in [-0.3, -0.25) is 13.9 Å². The largest absolute Gasteiger partial charge is 0.497 e. The van der Waals surface area contributed by atoms with Crippen molar-refractivity contribution in [1.29, 1.82) is 0 Å². The van der Waals surface area contributed by atoms with Gasteiger partial charge in [0.05, 0.1) is 19.1 Å². The van der Waals surface area contributed by atoms with E-state index in [1.807, 2.05) is 45.0 Å². The van der Waals surface area contributed by atoms with Gasteiger partial charge >= 0.3 is 0 Å². The molecule has 0 radical (unpaired) electrons. The highest BCUT2D eigenvalue weighted by Gasteiger charge is 2.31. The van der Waals surface area contributed by atoms with E-state index >= 15 is 0 Å². The summed E-state index contributed by atoms with van der Waals surface area (Å²) in [4.78, 5) is 28.2. The zero-order chi connectivity index (χ0) is 26.0. The highest BCUT2D eigenvalue weighted by atomic mass is 32.2. The second kappa shape index (κ2) is 13.1. The molecule has 9 heteroatoms. The Kier molecular flexibility index (Phi) is 10.6. The molecule has 0 aliphatic heterocycles. The maximum absolute atomic E-state index is 13.7. The van der Waals surface area contributed by atoms with Crippen molar-refractivity contribution in [1.82, 2.24) is 10.2 Å². The maximum atomic E-state index is 13.7. The molecule has 192 valence electrons. The summed E-state index contributed by atoms with van der Waals surface area (Å²) in [5.74, 6) is -0.228. The molecule has 35 heavy (non-hydrogen) atoms. The fraction of sp³-hybridized carbons (Fsp3) is 0.462. The number of unbranched alkanes of at least 4 members (excludes halogenated alkanes) is 1. The quantitative estimate of drug-likeness (QED) is 0.422. The molecule has 8 nitrogen and oxygen atoms in total. The van der Waals surface area contributed by atoms with Crippen LogP contribution in [0.5, 0.6) is 5.75 Å². The lowest BCUT2D eigenvalue weighted by Crippen LogP contribution is -2.52. The number of sulfonamides is 1. The third kappa shape index (κ3) is 8.28. The number of carbonyl (C=O) groups is 2. The molecule has 0 unspecified atom stereocenters. The molecule has 0 spiro atoms. The van der Waals surface area contributed by atoms with Crippen LogP contribution in [0, 0.1) is 6.92 Å². The zero-order valence-electron chi connectivity index (χ0n) is 21.3. The summed E-state index contributed by atoms with van der Waals surface area (Å²) in [7, 11) is -2.30. The van der Waals surface area contributed by atoms with Gasteiger partial charge in [0.2, 0.25) is 21.8 Å². The van der Waals surface area contributed by atoms with Crippen LogP contribution in [0.3, 0.4) is 0 Å². The minimum absolute atomic E-state index is 0.190. The first-order valence-electron chi connectivity index (χ1n) is 11.8. The average Bonchev–Trinajstić information content (AvgIpc) is 2.81. The number of benzene rings is 2. The number of nitrogens with zero attached hydrogens (tertiary/aromatic N) is 2. The highest BCUT2D eigenvalue weighted by molar-refractivity contribution is 7.92. The van der Waals surface area contributed by atoms with Crippen LogP contribution < -0.4 is 14.4 Å². The number of hydrogen-bond acceptors (Lipinski definition) is 5. The molecule has 2 amide bonds. The van der Waals surface area contributed by atoms with E-state index in [4.69, 9.17) is 4.74 Å². The second-order valence-electron chi connectivity index (χ2n) is 8.55. The number of anilines is 1. The van der Waals surface area contributed by atoms with Gasteiger partial charge in [0.15, 0.2) is 0 Å². The van der Waals surface area contributed by atoms with Crippen molar-refractivity contribution >= 4 is 27.5 Å². The second-order valence-corrected chi connectivity index (χ2v) is 10.5. The highest BCUT2D eigenvalue weighted by Crippen LogP contribution is 2.24. The molecule has 1 atom stereocenters. The first-order valence-corrected chi connectivity index (χ1v) is 13.7. The summed E-state index contributed by atoms with van der Waals surface area (Å²) in [5, 5.41) is 2.92. The van der Waals surface area contributed by atoms with Crippen molar-refractivity contribution in [3.63, 3.8) is 0 Å². The number of amides is 2. The first-order chi connectivity index (χ1) is 16.6. The summed E-state index contributed by atoms with van der Waals surface area (Å²) >= 11 is 0. The topological polar surface area (TPSA) is 96.0 Å². The predicted molar refractivity (Wildman–Crippen MR) is 139 cm³/mol. The molecular formula is C26H37N3O5S. The van der Waals surface area contributed by atoms with Crippen LogP contribution in [0.25, 0.3) is 0 Å². The molecule has 0 aromatic heterocycles. The Balaban J connectivity index is 2.41. The number of hydrogen-bond donors (Lipinski definition) is 1. The number of aryl methyl sites for hydroxylation is 1. The minimum atomic E-state index is -3.79. The van der Waals surface area contributed by atoms with Gasteiger partial charge in [-0.05, 0) is 37.5 Å². The Labute approximate surface area is 209 Å². The standard InChI is InChI=1S/C26H37N3O5S/c1-6-8-15-27-26(31)24(7-2)28(18-21-12-9-11-20(3)16-21)25(30)19-29(35(5,32)33)22-13-10-14-23(17-22)34-4/h9-14,16-17,24H,6-8,15,18-19H2,1-5H3,(H,27,31)/t24-/m0/s1. The van der Waals surface area contributed by atoms with Crippen molar-refractivity contribution in [2.24, 2.45) is 0 Å². The molecule has 0 aliphatic rings. The van der Waals surface area contributed by atoms with E-state index in [0.717, 1.165) is 34.5 Å². The van der Waals surface area contributed by atoms with Crippen molar-refractivity contribution in [2.75, 3.05) is 30.8 Å². The van der Waals surface area contributed by atoms with Crippen molar-refractivity contribution in [3.8, 4) is 5.75 Å². The summed E-state index contributed by atoms with van der Waals surface area (Å²) in [6, 6.07) is 13.5. The number of carbonyl (C=O) groups excluding carboxylic acids is 2. The Bertz CT molecular complexity index is 1100. The van der Waals surface area contributed by atoms with Crippen LogP contribution in [0.15, 0.2) is 48.5 Å². The molecule has 2 aromatic rings. The summed E-state index contributed by atoms with van der Waals surface area (Å²) in [6.07, 6.45) is 3.23. The predicted octanol–water partition coefficient (Wildman–Crippen LogP) is 3.49. The van der Waals surface area contributed by atoms with Crippen LogP contribution in [-0.2, 0) is 26.2 Å². The SMILES string of the molecule is CCCCNC(=O)[C@H](CC)N(Cc1cccc(C)c1)C(=O)CN(c1cccc(OC)c1)S(C)(=O)=O. The van der Waals surface area contributed by atoms with Crippen LogP contribution in [0.2, 0.25) is 0 Å². The maximum Gasteiger partial charge on any atom is 0.244 e. The van der Waals surface area contributed by atoms with Crippen molar-refractivity contribution < 1.29 is 22.7 Å². The van der Waals surface area contributed by atoms with Crippen molar-refractivity contribution in [2.45, 2.75) is 52.6 Å². The molecule has 1 N–H and O–H groups in total. The van der Waals surface area contributed by atoms with Crippen LogP contribution in [-0.4, -0.2) is 57.6 Å². The number of methoxy groups -OCH3 is 1. The van der Waals surface area contributed by atoms with Crippen LogP contribution >= 0.6 is 0 Å². The molecule has 0 saturated heterocycles. The lowest BCUT2D eigenvalue weighted by Gasteiger charge is -2.33. The van der Waals surface area contributed by atoms with Gasteiger partial charge in [-0.2, -0.15) is 0 Å². The van der Waals surface area contributed by atoms with Gasteiger partial charge in [0, 0.05) is 19.2 Å². The van der Waals surface area contributed by atoms with Gasteiger partial charge in [-0.25, -0.2) is 8.42 Å². The number of rotatable bonds is 13. The van der Waals surface area contributed by atoms with E-state index < -0.39 is 28.5 Å². The molecule has 2 rings (SSSR count). The third-order valence-electron chi connectivity index (χ3n) is 5.67. The molecule has 0 fully saturated rings. The van der Waals surface area contributed by atoms with Gasteiger partial charge < -0.3 is 15.0 Å². The van der Waals surface area contributed by atoms with E-state index in [2.05, 4.69) is 5.32 Å². The molecule has 2 aromatic carbocycles. The van der Waals surface area contributed by atoms with Gasteiger partial charge in [0.1, 0.15) is 18.3 Å². The molecule has 0 saturated carbocycles. The van der Waals surface area contributed by atoms with Gasteiger partial charge in [-0.15, -0.1) is 0 Å². The van der Waals surface area contributed by atoms with Gasteiger partial charge in [0.25, 0.3) is 0 Å². The van der Waals surface area contributed by atoms with E-state index in [9.17, 15) is 18.0 Å². The monoisotopic (exact) mass is 503 g/mol.